The number of rotatable bonds is 3. The van der Waals surface area contributed by atoms with Crippen molar-refractivity contribution in [3.63, 3.8) is 0 Å². The molecular weight excluding hydrogens is 300 g/mol. The predicted octanol–water partition coefficient (Wildman–Crippen LogP) is 4.42. The van der Waals surface area contributed by atoms with Crippen molar-refractivity contribution in [2.75, 3.05) is 5.32 Å². The Morgan fingerprint density at radius 3 is 2.58 bits per heavy atom. The smallest absolute Gasteiger partial charge is 0.0703 e. The highest BCUT2D eigenvalue weighted by atomic mass is 79.9. The quantitative estimate of drug-likeness (QED) is 0.773. The highest BCUT2D eigenvalue weighted by molar-refractivity contribution is 8.93. The van der Waals surface area contributed by atoms with E-state index in [2.05, 4.69) is 52.8 Å². The third-order valence-corrected chi connectivity index (χ3v) is 2.94. The first-order valence-electron chi connectivity index (χ1n) is 6.04. The van der Waals surface area contributed by atoms with Crippen LogP contribution in [0.3, 0.4) is 0 Å². The summed E-state index contributed by atoms with van der Waals surface area (Å²) in [6, 6.07) is 20.7. The van der Waals surface area contributed by atoms with Crippen LogP contribution >= 0.6 is 17.0 Å². The van der Waals surface area contributed by atoms with E-state index in [9.17, 15) is 0 Å². The summed E-state index contributed by atoms with van der Waals surface area (Å²) in [7, 11) is 0. The number of pyridine rings is 1. The Labute approximate surface area is 123 Å². The van der Waals surface area contributed by atoms with Crippen LogP contribution in [-0.4, -0.2) is 4.98 Å². The molecule has 0 radical (unpaired) electrons. The fraction of sp³-hybridized carbons (Fsp3) is 0.0625. The standard InChI is InChI=1S/C16H14N2.BrH/c1-2-5-13(6-3-1)12-18-15-8-9-16-14(11-15)7-4-10-17-16;/h1-11,18H,12H2;1H. The van der Waals surface area contributed by atoms with Gasteiger partial charge in [0.1, 0.15) is 0 Å². The first kappa shape index (κ1) is 13.6. The minimum Gasteiger partial charge on any atom is -0.381 e. The maximum atomic E-state index is 4.31. The molecule has 0 fully saturated rings. The van der Waals surface area contributed by atoms with E-state index in [0.717, 1.165) is 23.1 Å². The van der Waals surface area contributed by atoms with Crippen molar-refractivity contribution in [2.24, 2.45) is 0 Å². The number of benzene rings is 2. The summed E-state index contributed by atoms with van der Waals surface area (Å²) in [5.41, 5.74) is 3.44. The Hall–Kier alpha value is -1.87. The molecule has 0 spiro atoms. The van der Waals surface area contributed by atoms with E-state index in [4.69, 9.17) is 0 Å². The summed E-state index contributed by atoms with van der Waals surface area (Å²) >= 11 is 0. The van der Waals surface area contributed by atoms with Gasteiger partial charge in [-0.1, -0.05) is 36.4 Å². The lowest BCUT2D eigenvalue weighted by atomic mass is 10.2. The molecule has 1 heterocycles. The maximum Gasteiger partial charge on any atom is 0.0703 e. The molecule has 0 saturated heterocycles. The van der Waals surface area contributed by atoms with Gasteiger partial charge >= 0.3 is 0 Å². The van der Waals surface area contributed by atoms with Crippen molar-refractivity contribution in [3.8, 4) is 0 Å². The minimum absolute atomic E-state index is 0. The van der Waals surface area contributed by atoms with Gasteiger partial charge in [0.25, 0.3) is 0 Å². The number of hydrogen-bond donors (Lipinski definition) is 1. The zero-order valence-corrected chi connectivity index (χ0v) is 12.1. The van der Waals surface area contributed by atoms with E-state index in [-0.39, 0.29) is 17.0 Å². The molecule has 0 atom stereocenters. The van der Waals surface area contributed by atoms with Gasteiger partial charge in [-0.15, -0.1) is 17.0 Å². The average Bonchev–Trinajstić information content (AvgIpc) is 2.46. The maximum absolute atomic E-state index is 4.31. The van der Waals surface area contributed by atoms with Crippen LogP contribution in [0, 0.1) is 0 Å². The van der Waals surface area contributed by atoms with E-state index in [1.807, 2.05) is 24.4 Å². The first-order valence-corrected chi connectivity index (χ1v) is 6.04. The van der Waals surface area contributed by atoms with Crippen molar-refractivity contribution < 1.29 is 0 Å². The minimum atomic E-state index is 0. The van der Waals surface area contributed by atoms with Crippen LogP contribution in [0.2, 0.25) is 0 Å². The second kappa shape index (κ2) is 6.34. The first-order chi connectivity index (χ1) is 8.92. The number of anilines is 1. The average molecular weight is 315 g/mol. The second-order valence-corrected chi connectivity index (χ2v) is 4.25. The van der Waals surface area contributed by atoms with Crippen molar-refractivity contribution in [1.29, 1.82) is 0 Å². The van der Waals surface area contributed by atoms with Crippen LogP contribution in [0.5, 0.6) is 0 Å². The number of nitrogens with one attached hydrogen (secondary N) is 1. The molecule has 0 saturated carbocycles. The SMILES string of the molecule is Br.c1ccc(CNc2ccc3ncccc3c2)cc1. The van der Waals surface area contributed by atoms with Gasteiger partial charge in [0.2, 0.25) is 0 Å². The summed E-state index contributed by atoms with van der Waals surface area (Å²) in [4.78, 5) is 4.31. The molecule has 3 heteroatoms. The third kappa shape index (κ3) is 3.32. The second-order valence-electron chi connectivity index (χ2n) is 4.25. The highest BCUT2D eigenvalue weighted by Gasteiger charge is 1.96. The van der Waals surface area contributed by atoms with Crippen LogP contribution in [0.4, 0.5) is 5.69 Å². The molecule has 1 aromatic heterocycles. The fourth-order valence-corrected chi connectivity index (χ4v) is 1.99. The third-order valence-electron chi connectivity index (χ3n) is 2.94. The van der Waals surface area contributed by atoms with Crippen molar-refractivity contribution in [1.82, 2.24) is 4.98 Å². The summed E-state index contributed by atoms with van der Waals surface area (Å²) in [5.74, 6) is 0. The number of aromatic nitrogens is 1. The monoisotopic (exact) mass is 314 g/mol. The molecule has 3 aromatic rings. The van der Waals surface area contributed by atoms with E-state index < -0.39 is 0 Å². The molecule has 1 N–H and O–H groups in total. The molecule has 0 aliphatic rings. The number of hydrogen-bond acceptors (Lipinski definition) is 2. The lowest BCUT2D eigenvalue weighted by Crippen LogP contribution is -1.98. The molecule has 19 heavy (non-hydrogen) atoms. The van der Waals surface area contributed by atoms with Crippen LogP contribution < -0.4 is 5.32 Å². The van der Waals surface area contributed by atoms with Crippen molar-refractivity contribution in [3.05, 3.63) is 72.4 Å². The van der Waals surface area contributed by atoms with E-state index >= 15 is 0 Å². The Morgan fingerprint density at radius 1 is 0.895 bits per heavy atom. The molecule has 3 rings (SSSR count). The lowest BCUT2D eigenvalue weighted by molar-refractivity contribution is 1.15. The molecular formula is C16H15BrN2. The van der Waals surface area contributed by atoms with Crippen LogP contribution in [0.15, 0.2) is 66.9 Å². The molecule has 2 aromatic carbocycles. The summed E-state index contributed by atoms with van der Waals surface area (Å²) in [5, 5.41) is 4.59. The van der Waals surface area contributed by atoms with Gasteiger partial charge < -0.3 is 5.32 Å². The topological polar surface area (TPSA) is 24.9 Å². The number of halogens is 1. The van der Waals surface area contributed by atoms with Gasteiger partial charge in [-0.2, -0.15) is 0 Å². The Morgan fingerprint density at radius 2 is 1.74 bits per heavy atom. The zero-order chi connectivity index (χ0) is 12.2. The summed E-state index contributed by atoms with van der Waals surface area (Å²) in [6.45, 7) is 0.840. The molecule has 0 bridgehead atoms. The van der Waals surface area contributed by atoms with Crippen LogP contribution in [0.25, 0.3) is 10.9 Å². The van der Waals surface area contributed by atoms with Gasteiger partial charge in [0, 0.05) is 23.8 Å². The largest absolute Gasteiger partial charge is 0.381 e. The Kier molecular flexibility index (Phi) is 4.53. The molecule has 2 nitrogen and oxygen atoms in total. The van der Waals surface area contributed by atoms with Crippen LogP contribution in [-0.2, 0) is 6.54 Å². The van der Waals surface area contributed by atoms with E-state index in [1.165, 1.54) is 5.56 Å². The van der Waals surface area contributed by atoms with Gasteiger partial charge in [0.05, 0.1) is 5.52 Å². The van der Waals surface area contributed by atoms with Crippen molar-refractivity contribution >= 4 is 33.6 Å². The Balaban J connectivity index is 0.00000133. The van der Waals surface area contributed by atoms with E-state index in [0.29, 0.717) is 0 Å². The molecule has 96 valence electrons. The van der Waals surface area contributed by atoms with Gasteiger partial charge in [0.15, 0.2) is 0 Å². The summed E-state index contributed by atoms with van der Waals surface area (Å²) in [6.07, 6.45) is 1.82. The Bertz CT molecular complexity index is 653. The summed E-state index contributed by atoms with van der Waals surface area (Å²) < 4.78 is 0. The van der Waals surface area contributed by atoms with Crippen LogP contribution in [0.1, 0.15) is 5.56 Å². The lowest BCUT2D eigenvalue weighted by Gasteiger charge is -2.07. The fourth-order valence-electron chi connectivity index (χ4n) is 1.99. The molecule has 0 amide bonds. The normalized spacial score (nSPS) is 9.89. The molecule has 0 aliphatic carbocycles. The van der Waals surface area contributed by atoms with Gasteiger partial charge in [-0.05, 0) is 29.8 Å². The predicted molar refractivity (Wildman–Crippen MR) is 85.8 cm³/mol. The zero-order valence-electron chi connectivity index (χ0n) is 10.4. The van der Waals surface area contributed by atoms with Gasteiger partial charge in [-0.3, -0.25) is 4.98 Å². The molecule has 0 aliphatic heterocycles. The molecule has 0 unspecified atom stereocenters. The van der Waals surface area contributed by atoms with Crippen molar-refractivity contribution in [2.45, 2.75) is 6.54 Å². The number of nitrogens with zero attached hydrogens (tertiary/aromatic N) is 1. The highest BCUT2D eigenvalue weighted by Crippen LogP contribution is 2.17. The number of fused-ring (bicyclic) bond motifs is 1. The van der Waals surface area contributed by atoms with Gasteiger partial charge in [-0.25, -0.2) is 0 Å². The van der Waals surface area contributed by atoms with E-state index in [1.54, 1.807) is 0 Å².